The SMILES string of the molecule is COC(=O)C(C)C(C)NCCCCn1ccnc1. The first-order chi connectivity index (χ1) is 8.65. The molecular formula is C13H23N3O2. The molecule has 0 amide bonds. The van der Waals surface area contributed by atoms with Crippen molar-refractivity contribution in [2.75, 3.05) is 13.7 Å². The monoisotopic (exact) mass is 253 g/mol. The number of rotatable bonds is 8. The lowest BCUT2D eigenvalue weighted by atomic mass is 10.0. The van der Waals surface area contributed by atoms with E-state index in [9.17, 15) is 4.79 Å². The van der Waals surface area contributed by atoms with E-state index in [-0.39, 0.29) is 17.9 Å². The van der Waals surface area contributed by atoms with E-state index in [1.165, 1.54) is 7.11 Å². The highest BCUT2D eigenvalue weighted by Crippen LogP contribution is 2.04. The molecular weight excluding hydrogens is 230 g/mol. The molecule has 1 heterocycles. The van der Waals surface area contributed by atoms with Crippen LogP contribution in [0.1, 0.15) is 26.7 Å². The summed E-state index contributed by atoms with van der Waals surface area (Å²) in [5.74, 6) is -0.267. The Kier molecular flexibility index (Phi) is 6.43. The highest BCUT2D eigenvalue weighted by atomic mass is 16.5. The number of carbonyl (C=O) groups excluding carboxylic acids is 1. The van der Waals surface area contributed by atoms with Gasteiger partial charge in [-0.05, 0) is 26.3 Å². The van der Waals surface area contributed by atoms with Gasteiger partial charge in [0.1, 0.15) is 0 Å². The largest absolute Gasteiger partial charge is 0.469 e. The molecule has 2 unspecified atom stereocenters. The number of aryl methyl sites for hydroxylation is 1. The smallest absolute Gasteiger partial charge is 0.309 e. The second-order valence-corrected chi connectivity index (χ2v) is 4.56. The van der Waals surface area contributed by atoms with E-state index in [0.29, 0.717) is 0 Å². The summed E-state index contributed by atoms with van der Waals surface area (Å²) in [7, 11) is 1.43. The number of nitrogens with zero attached hydrogens (tertiary/aromatic N) is 2. The Balaban J connectivity index is 2.08. The fourth-order valence-electron chi connectivity index (χ4n) is 1.73. The Morgan fingerprint density at radius 2 is 2.22 bits per heavy atom. The summed E-state index contributed by atoms with van der Waals surface area (Å²) in [4.78, 5) is 15.3. The molecule has 0 fully saturated rings. The number of aromatic nitrogens is 2. The third-order valence-electron chi connectivity index (χ3n) is 3.19. The van der Waals surface area contributed by atoms with Crippen LogP contribution in [0.15, 0.2) is 18.7 Å². The topological polar surface area (TPSA) is 56.1 Å². The number of carbonyl (C=O) groups is 1. The van der Waals surface area contributed by atoms with E-state index in [4.69, 9.17) is 4.74 Å². The fraction of sp³-hybridized carbons (Fsp3) is 0.692. The van der Waals surface area contributed by atoms with Gasteiger partial charge in [-0.15, -0.1) is 0 Å². The minimum atomic E-state index is -0.159. The number of hydrogen-bond acceptors (Lipinski definition) is 4. The van der Waals surface area contributed by atoms with Crippen molar-refractivity contribution in [2.24, 2.45) is 5.92 Å². The number of ether oxygens (including phenoxy) is 1. The van der Waals surface area contributed by atoms with E-state index in [1.807, 2.05) is 26.4 Å². The van der Waals surface area contributed by atoms with Crippen LogP contribution in [0, 0.1) is 5.92 Å². The number of nitrogens with one attached hydrogen (secondary N) is 1. The normalized spacial score (nSPS) is 14.2. The van der Waals surface area contributed by atoms with Crippen LogP contribution in [0.4, 0.5) is 0 Å². The van der Waals surface area contributed by atoms with Gasteiger partial charge in [-0.25, -0.2) is 4.98 Å². The van der Waals surface area contributed by atoms with Gasteiger partial charge in [-0.3, -0.25) is 4.79 Å². The fourth-order valence-corrected chi connectivity index (χ4v) is 1.73. The molecule has 0 saturated heterocycles. The maximum Gasteiger partial charge on any atom is 0.309 e. The van der Waals surface area contributed by atoms with E-state index in [0.717, 1.165) is 25.9 Å². The third kappa shape index (κ3) is 4.87. The summed E-state index contributed by atoms with van der Waals surface area (Å²) in [5, 5.41) is 3.35. The number of esters is 1. The molecule has 0 saturated carbocycles. The zero-order valence-corrected chi connectivity index (χ0v) is 11.4. The molecule has 0 aliphatic rings. The molecule has 0 bridgehead atoms. The Bertz CT molecular complexity index is 338. The van der Waals surface area contributed by atoms with Crippen LogP contribution in [-0.4, -0.2) is 35.2 Å². The molecule has 0 aliphatic carbocycles. The highest BCUT2D eigenvalue weighted by Gasteiger charge is 2.19. The van der Waals surface area contributed by atoms with Crippen molar-refractivity contribution in [3.8, 4) is 0 Å². The van der Waals surface area contributed by atoms with Crippen molar-refractivity contribution in [2.45, 2.75) is 39.3 Å². The van der Waals surface area contributed by atoms with Crippen molar-refractivity contribution < 1.29 is 9.53 Å². The van der Waals surface area contributed by atoms with Crippen molar-refractivity contribution in [3.63, 3.8) is 0 Å². The lowest BCUT2D eigenvalue weighted by Gasteiger charge is -2.19. The van der Waals surface area contributed by atoms with Crippen LogP contribution in [0.25, 0.3) is 0 Å². The average molecular weight is 253 g/mol. The second kappa shape index (κ2) is 7.87. The van der Waals surface area contributed by atoms with Gasteiger partial charge in [0.15, 0.2) is 0 Å². The Hall–Kier alpha value is -1.36. The van der Waals surface area contributed by atoms with Crippen LogP contribution in [0.5, 0.6) is 0 Å². The van der Waals surface area contributed by atoms with Gasteiger partial charge in [-0.1, -0.05) is 6.92 Å². The van der Waals surface area contributed by atoms with Crippen molar-refractivity contribution in [3.05, 3.63) is 18.7 Å². The van der Waals surface area contributed by atoms with Gasteiger partial charge in [0, 0.05) is 25.0 Å². The molecule has 1 N–H and O–H groups in total. The van der Waals surface area contributed by atoms with Gasteiger partial charge in [0.05, 0.1) is 19.4 Å². The summed E-state index contributed by atoms with van der Waals surface area (Å²) in [6.07, 6.45) is 7.77. The molecule has 0 spiro atoms. The van der Waals surface area contributed by atoms with Gasteiger partial charge in [0.25, 0.3) is 0 Å². The standard InChI is InChI=1S/C13H23N3O2/c1-11(13(17)18-3)12(2)15-6-4-5-8-16-9-7-14-10-16/h7,9-12,15H,4-6,8H2,1-3H3. The number of hydrogen-bond donors (Lipinski definition) is 1. The average Bonchev–Trinajstić information content (AvgIpc) is 2.89. The maximum atomic E-state index is 11.3. The molecule has 5 nitrogen and oxygen atoms in total. The maximum absolute atomic E-state index is 11.3. The van der Waals surface area contributed by atoms with E-state index < -0.39 is 0 Å². The molecule has 1 rings (SSSR count). The number of unbranched alkanes of at least 4 members (excludes halogenated alkanes) is 1. The van der Waals surface area contributed by atoms with Crippen LogP contribution in [0.2, 0.25) is 0 Å². The van der Waals surface area contributed by atoms with E-state index in [1.54, 1.807) is 6.20 Å². The zero-order valence-electron chi connectivity index (χ0n) is 11.4. The number of methoxy groups -OCH3 is 1. The van der Waals surface area contributed by atoms with E-state index >= 15 is 0 Å². The molecule has 2 atom stereocenters. The second-order valence-electron chi connectivity index (χ2n) is 4.56. The summed E-state index contributed by atoms with van der Waals surface area (Å²) in [5.41, 5.74) is 0. The molecule has 102 valence electrons. The van der Waals surface area contributed by atoms with Crippen LogP contribution in [0.3, 0.4) is 0 Å². The molecule has 0 aliphatic heterocycles. The summed E-state index contributed by atoms with van der Waals surface area (Å²) >= 11 is 0. The van der Waals surface area contributed by atoms with Crippen LogP contribution < -0.4 is 5.32 Å². The molecule has 0 radical (unpaired) electrons. The third-order valence-corrected chi connectivity index (χ3v) is 3.19. The summed E-state index contributed by atoms with van der Waals surface area (Å²) in [6.45, 7) is 5.80. The first kappa shape index (κ1) is 14.7. The highest BCUT2D eigenvalue weighted by molar-refractivity contribution is 5.72. The first-order valence-electron chi connectivity index (χ1n) is 6.42. The van der Waals surface area contributed by atoms with E-state index in [2.05, 4.69) is 14.9 Å². The lowest BCUT2D eigenvalue weighted by Crippen LogP contribution is -2.37. The summed E-state index contributed by atoms with van der Waals surface area (Å²) < 4.78 is 6.79. The Morgan fingerprint density at radius 1 is 1.44 bits per heavy atom. The minimum absolute atomic E-state index is 0.108. The molecule has 18 heavy (non-hydrogen) atoms. The zero-order chi connectivity index (χ0) is 13.4. The van der Waals surface area contributed by atoms with Crippen LogP contribution >= 0.6 is 0 Å². The quantitative estimate of drug-likeness (QED) is 0.563. The predicted molar refractivity (Wildman–Crippen MR) is 70.1 cm³/mol. The van der Waals surface area contributed by atoms with Crippen molar-refractivity contribution in [1.82, 2.24) is 14.9 Å². The van der Waals surface area contributed by atoms with Crippen molar-refractivity contribution in [1.29, 1.82) is 0 Å². The first-order valence-corrected chi connectivity index (χ1v) is 6.42. The minimum Gasteiger partial charge on any atom is -0.469 e. The Labute approximate surface area is 109 Å². The number of imidazole rings is 1. The Morgan fingerprint density at radius 3 is 2.83 bits per heavy atom. The predicted octanol–water partition coefficient (Wildman–Crippen LogP) is 1.45. The molecule has 1 aromatic heterocycles. The van der Waals surface area contributed by atoms with Gasteiger partial charge < -0.3 is 14.6 Å². The van der Waals surface area contributed by atoms with Gasteiger partial charge >= 0.3 is 5.97 Å². The van der Waals surface area contributed by atoms with Gasteiger partial charge in [0.2, 0.25) is 0 Å². The molecule has 0 aromatic carbocycles. The molecule has 1 aromatic rings. The van der Waals surface area contributed by atoms with Crippen molar-refractivity contribution >= 4 is 5.97 Å². The summed E-state index contributed by atoms with van der Waals surface area (Å²) in [6, 6.07) is 0.144. The molecule has 5 heteroatoms. The lowest BCUT2D eigenvalue weighted by molar-refractivity contribution is -0.145. The van der Waals surface area contributed by atoms with Crippen LogP contribution in [-0.2, 0) is 16.1 Å². The van der Waals surface area contributed by atoms with Gasteiger partial charge in [-0.2, -0.15) is 0 Å².